The Morgan fingerprint density at radius 1 is 1.13 bits per heavy atom. The summed E-state index contributed by atoms with van der Waals surface area (Å²) >= 11 is 0. The highest BCUT2D eigenvalue weighted by molar-refractivity contribution is 7.89. The van der Waals surface area contributed by atoms with Crippen LogP contribution in [0.25, 0.3) is 0 Å². The van der Waals surface area contributed by atoms with Crippen LogP contribution in [0.3, 0.4) is 0 Å². The van der Waals surface area contributed by atoms with Gasteiger partial charge >= 0.3 is 0 Å². The number of sulfonamides is 1. The second kappa shape index (κ2) is 8.78. The number of carbonyl (C=O) groups is 1. The average Bonchev–Trinajstić information content (AvgIpc) is 2.74. The Kier molecular flexibility index (Phi) is 6.53. The van der Waals surface area contributed by atoms with E-state index in [1.807, 2.05) is 51.1 Å². The molecule has 6 nitrogen and oxygen atoms in total. The normalized spacial score (nSPS) is 20.0. The Hall–Kier alpha value is -2.38. The number of methoxy groups -OCH3 is 1. The predicted molar refractivity (Wildman–Crippen MR) is 117 cm³/mol. The SMILES string of the molecule is COc1ccc(CNC(=O)[C@@]2(C)CCCN(S(=O)(=O)c3ccc(C)c(C)c3)C2)cc1. The number of ether oxygens (including phenoxy) is 1. The molecule has 1 N–H and O–H groups in total. The summed E-state index contributed by atoms with van der Waals surface area (Å²) in [6, 6.07) is 12.7. The van der Waals surface area contributed by atoms with Crippen LogP contribution >= 0.6 is 0 Å². The van der Waals surface area contributed by atoms with Crippen LogP contribution < -0.4 is 10.1 Å². The molecule has 1 aliphatic heterocycles. The molecule has 1 aliphatic rings. The number of aryl methyl sites for hydroxylation is 2. The highest BCUT2D eigenvalue weighted by Crippen LogP contribution is 2.33. The summed E-state index contributed by atoms with van der Waals surface area (Å²) in [5, 5.41) is 2.97. The molecular weight excluding hydrogens is 400 g/mol. The van der Waals surface area contributed by atoms with Crippen molar-refractivity contribution in [2.75, 3.05) is 20.2 Å². The van der Waals surface area contributed by atoms with Crippen molar-refractivity contribution in [2.45, 2.75) is 45.1 Å². The van der Waals surface area contributed by atoms with E-state index < -0.39 is 15.4 Å². The molecular formula is C23H30N2O4S. The molecule has 2 aromatic rings. The van der Waals surface area contributed by atoms with E-state index in [4.69, 9.17) is 4.74 Å². The van der Waals surface area contributed by atoms with Crippen LogP contribution in [0.15, 0.2) is 47.4 Å². The Balaban J connectivity index is 1.71. The molecule has 0 aliphatic carbocycles. The number of hydrogen-bond donors (Lipinski definition) is 1. The number of carbonyl (C=O) groups excluding carboxylic acids is 1. The topological polar surface area (TPSA) is 75.7 Å². The second-order valence-electron chi connectivity index (χ2n) is 8.28. The van der Waals surface area contributed by atoms with Crippen molar-refractivity contribution in [1.82, 2.24) is 9.62 Å². The molecule has 0 spiro atoms. The van der Waals surface area contributed by atoms with E-state index in [0.29, 0.717) is 25.9 Å². The zero-order valence-corrected chi connectivity index (χ0v) is 18.9. The van der Waals surface area contributed by atoms with Crippen molar-refractivity contribution < 1.29 is 17.9 Å². The van der Waals surface area contributed by atoms with Crippen LogP contribution in [0.1, 0.15) is 36.5 Å². The van der Waals surface area contributed by atoms with Crippen LogP contribution in [0.2, 0.25) is 0 Å². The lowest BCUT2D eigenvalue weighted by Crippen LogP contribution is -2.51. The zero-order chi connectivity index (χ0) is 21.9. The van der Waals surface area contributed by atoms with Gasteiger partial charge in [0.05, 0.1) is 17.4 Å². The van der Waals surface area contributed by atoms with Crippen molar-refractivity contribution in [3.8, 4) is 5.75 Å². The maximum atomic E-state index is 13.2. The fourth-order valence-electron chi connectivity index (χ4n) is 3.75. The third-order valence-electron chi connectivity index (χ3n) is 5.94. The van der Waals surface area contributed by atoms with Crippen LogP contribution in [-0.2, 0) is 21.4 Å². The number of hydrogen-bond acceptors (Lipinski definition) is 4. The Bertz CT molecular complexity index is 1020. The molecule has 0 unspecified atom stereocenters. The number of rotatable bonds is 6. The quantitative estimate of drug-likeness (QED) is 0.762. The molecule has 0 radical (unpaired) electrons. The maximum Gasteiger partial charge on any atom is 0.243 e. The lowest BCUT2D eigenvalue weighted by molar-refractivity contribution is -0.132. The standard InChI is InChI=1S/C23H30N2O4S/c1-17-6-11-21(14-18(17)2)30(27,28)25-13-5-12-23(3,16-25)22(26)24-15-19-7-9-20(29-4)10-8-19/h6-11,14H,5,12-13,15-16H2,1-4H3,(H,24,26)/t23-/m0/s1. The molecule has 0 bridgehead atoms. The number of amides is 1. The van der Waals surface area contributed by atoms with Crippen LogP contribution in [0.4, 0.5) is 0 Å². The molecule has 1 heterocycles. The fourth-order valence-corrected chi connectivity index (χ4v) is 5.43. The molecule has 2 aromatic carbocycles. The Labute approximate surface area is 179 Å². The van der Waals surface area contributed by atoms with Gasteiger partial charge in [-0.1, -0.05) is 18.2 Å². The van der Waals surface area contributed by atoms with Gasteiger partial charge in [0.2, 0.25) is 15.9 Å². The number of piperidine rings is 1. The van der Waals surface area contributed by atoms with Gasteiger partial charge in [-0.2, -0.15) is 4.31 Å². The first-order valence-corrected chi connectivity index (χ1v) is 11.6. The van der Waals surface area contributed by atoms with E-state index in [9.17, 15) is 13.2 Å². The smallest absolute Gasteiger partial charge is 0.243 e. The van der Waals surface area contributed by atoms with Gasteiger partial charge in [-0.05, 0) is 74.6 Å². The van der Waals surface area contributed by atoms with Crippen molar-refractivity contribution in [1.29, 1.82) is 0 Å². The summed E-state index contributed by atoms with van der Waals surface area (Å²) in [7, 11) is -2.03. The fraction of sp³-hybridized carbons (Fsp3) is 0.435. The summed E-state index contributed by atoms with van der Waals surface area (Å²) in [6.45, 7) is 6.70. The minimum absolute atomic E-state index is 0.127. The van der Waals surface area contributed by atoms with Gasteiger partial charge in [0.25, 0.3) is 0 Å². The van der Waals surface area contributed by atoms with Crippen LogP contribution in [-0.4, -0.2) is 38.8 Å². The molecule has 1 amide bonds. The van der Waals surface area contributed by atoms with E-state index >= 15 is 0 Å². The van der Waals surface area contributed by atoms with E-state index in [1.165, 1.54) is 4.31 Å². The van der Waals surface area contributed by atoms with Crippen molar-refractivity contribution in [3.63, 3.8) is 0 Å². The largest absolute Gasteiger partial charge is 0.497 e. The van der Waals surface area contributed by atoms with Gasteiger partial charge in [0.15, 0.2) is 0 Å². The predicted octanol–water partition coefficient (Wildman–Crippen LogP) is 3.42. The molecule has 1 saturated heterocycles. The summed E-state index contributed by atoms with van der Waals surface area (Å²) in [5.41, 5.74) is 2.18. The third kappa shape index (κ3) is 4.68. The van der Waals surface area contributed by atoms with Gasteiger partial charge in [-0.15, -0.1) is 0 Å². The van der Waals surface area contributed by atoms with Crippen LogP contribution in [0, 0.1) is 19.3 Å². The summed E-state index contributed by atoms with van der Waals surface area (Å²) < 4.78 is 33.0. The summed E-state index contributed by atoms with van der Waals surface area (Å²) in [4.78, 5) is 13.3. The number of benzene rings is 2. The van der Waals surface area contributed by atoms with Gasteiger partial charge in [-0.25, -0.2) is 8.42 Å². The minimum atomic E-state index is -3.64. The first kappa shape index (κ1) is 22.3. The van der Waals surface area contributed by atoms with Crippen molar-refractivity contribution >= 4 is 15.9 Å². The van der Waals surface area contributed by atoms with Gasteiger partial charge in [0, 0.05) is 19.6 Å². The molecule has 0 aromatic heterocycles. The molecule has 1 fully saturated rings. The monoisotopic (exact) mass is 430 g/mol. The van der Waals surface area contributed by atoms with E-state index in [1.54, 1.807) is 19.2 Å². The second-order valence-corrected chi connectivity index (χ2v) is 10.2. The van der Waals surface area contributed by atoms with E-state index in [2.05, 4.69) is 5.32 Å². The van der Waals surface area contributed by atoms with Crippen molar-refractivity contribution in [2.24, 2.45) is 5.41 Å². The Morgan fingerprint density at radius 3 is 2.47 bits per heavy atom. The lowest BCUT2D eigenvalue weighted by atomic mass is 9.82. The maximum absolute atomic E-state index is 13.2. The Morgan fingerprint density at radius 2 is 1.83 bits per heavy atom. The molecule has 3 rings (SSSR count). The summed E-state index contributed by atoms with van der Waals surface area (Å²) in [5.74, 6) is 0.634. The van der Waals surface area contributed by atoms with Crippen molar-refractivity contribution in [3.05, 3.63) is 59.2 Å². The van der Waals surface area contributed by atoms with Gasteiger partial charge in [0.1, 0.15) is 5.75 Å². The first-order valence-electron chi connectivity index (χ1n) is 10.1. The average molecular weight is 431 g/mol. The molecule has 7 heteroatoms. The molecule has 30 heavy (non-hydrogen) atoms. The summed E-state index contributed by atoms with van der Waals surface area (Å²) in [6.07, 6.45) is 1.30. The van der Waals surface area contributed by atoms with E-state index in [-0.39, 0.29) is 17.3 Å². The van der Waals surface area contributed by atoms with Crippen LogP contribution in [0.5, 0.6) is 5.75 Å². The lowest BCUT2D eigenvalue weighted by Gasteiger charge is -2.38. The third-order valence-corrected chi connectivity index (χ3v) is 7.78. The number of nitrogens with zero attached hydrogens (tertiary/aromatic N) is 1. The molecule has 1 atom stereocenters. The molecule has 162 valence electrons. The van der Waals surface area contributed by atoms with E-state index in [0.717, 1.165) is 22.4 Å². The van der Waals surface area contributed by atoms with Gasteiger partial charge < -0.3 is 10.1 Å². The first-order chi connectivity index (χ1) is 14.2. The zero-order valence-electron chi connectivity index (χ0n) is 18.1. The van der Waals surface area contributed by atoms with Gasteiger partial charge in [-0.3, -0.25) is 4.79 Å². The number of nitrogens with one attached hydrogen (secondary N) is 1. The highest BCUT2D eigenvalue weighted by atomic mass is 32.2. The highest BCUT2D eigenvalue weighted by Gasteiger charge is 2.41. The molecule has 0 saturated carbocycles. The minimum Gasteiger partial charge on any atom is -0.497 e.